The molecule has 0 radical (unpaired) electrons. The van der Waals surface area contributed by atoms with E-state index in [2.05, 4.69) is 10.2 Å². The van der Waals surface area contributed by atoms with Gasteiger partial charge < -0.3 is 31.1 Å². The lowest BCUT2D eigenvalue weighted by atomic mass is 10.0. The van der Waals surface area contributed by atoms with Crippen LogP contribution in [0.1, 0.15) is 84.7 Å². The number of hydrogen-bond acceptors (Lipinski definition) is 11. The van der Waals surface area contributed by atoms with Crippen LogP contribution in [0.2, 0.25) is 0 Å². The minimum absolute atomic E-state index is 0.0155. The van der Waals surface area contributed by atoms with Crippen molar-refractivity contribution in [3.63, 3.8) is 0 Å². The third-order valence-electron chi connectivity index (χ3n) is 9.80. The first-order chi connectivity index (χ1) is 29.8. The molecule has 4 aromatic rings. The first-order valence-electron chi connectivity index (χ1n) is 19.4. The van der Waals surface area contributed by atoms with Gasteiger partial charge in [-0.15, -0.1) is 0 Å². The normalized spacial score (nSPS) is 15.3. The number of aromatic nitrogens is 4. The number of nitrogens with zero attached hydrogens (tertiary/aromatic N) is 8. The van der Waals surface area contributed by atoms with E-state index in [9.17, 15) is 55.1 Å². The number of carbonyl (C=O) groups excluding carboxylic acids is 5. The average molecular weight is 907 g/mol. The quantitative estimate of drug-likeness (QED) is 0.167. The zero-order chi connectivity index (χ0) is 47.3. The summed E-state index contributed by atoms with van der Waals surface area (Å²) in [5, 5.41) is 16.6. The standard InChI is InChI=1S/C22H26F3N5O4.C18H18F3N5O4/c1-21(2,3)34-19(32)17-6-7-30(27-17)20(33)29-10-8-28(9-11-29)13-14-4-5-15(18(26)31)16(12-14)22(23,24)25;19-18(20,21)13-9-11(1-2-12(13)15(22)27)10-24-5-7-25(8-6-24)17(30)26-4-3-14(23-26)16(28)29/h4-7,12H,8-11,13H2,1-3H3,(H2,26,31);1-4,9H,5-8,10H2,(H2,22,27)(H,28,29). The first-order valence-corrected chi connectivity index (χ1v) is 19.4. The number of piperazine rings is 2. The molecule has 0 bridgehead atoms. The van der Waals surface area contributed by atoms with Crippen LogP contribution in [0.15, 0.2) is 60.9 Å². The Morgan fingerprint density at radius 3 is 1.31 bits per heavy atom. The molecule has 0 aliphatic carbocycles. The fourth-order valence-corrected chi connectivity index (χ4v) is 6.69. The van der Waals surface area contributed by atoms with Crippen LogP contribution in [0.5, 0.6) is 0 Å². The Bertz CT molecular complexity index is 2390. The lowest BCUT2D eigenvalue weighted by Gasteiger charge is -2.34. The van der Waals surface area contributed by atoms with Crippen LogP contribution in [-0.2, 0) is 30.2 Å². The fraction of sp³-hybridized carbons (Fsp3) is 0.400. The van der Waals surface area contributed by atoms with Gasteiger partial charge in [-0.05, 0) is 68.3 Å². The molecule has 2 aliphatic rings. The van der Waals surface area contributed by atoms with Crippen molar-refractivity contribution in [3.05, 3.63) is 106 Å². The Morgan fingerprint density at radius 2 is 0.984 bits per heavy atom. The molecule has 5 N–H and O–H groups in total. The van der Waals surface area contributed by atoms with Crippen LogP contribution in [0.25, 0.3) is 0 Å². The predicted octanol–water partition coefficient (Wildman–Crippen LogP) is 4.23. The van der Waals surface area contributed by atoms with Crippen molar-refractivity contribution in [1.82, 2.24) is 39.2 Å². The molecule has 0 spiro atoms. The summed E-state index contributed by atoms with van der Waals surface area (Å²) < 4.78 is 86.8. The number of nitrogens with two attached hydrogens (primary N) is 2. The second-order valence-electron chi connectivity index (χ2n) is 15.7. The Morgan fingerprint density at radius 1 is 0.609 bits per heavy atom. The van der Waals surface area contributed by atoms with Crippen molar-refractivity contribution >= 4 is 35.8 Å². The Kier molecular flexibility index (Phi) is 14.5. The molecule has 4 heterocycles. The molecule has 2 aromatic heterocycles. The van der Waals surface area contributed by atoms with Crippen molar-refractivity contribution in [2.75, 3.05) is 52.4 Å². The van der Waals surface area contributed by atoms with Gasteiger partial charge in [0.25, 0.3) is 0 Å². The van der Waals surface area contributed by atoms with E-state index in [1.165, 1.54) is 41.6 Å². The highest BCUT2D eigenvalue weighted by Crippen LogP contribution is 2.34. The number of aromatic carboxylic acids is 1. The smallest absolute Gasteiger partial charge is 0.417 e. The summed E-state index contributed by atoms with van der Waals surface area (Å²) in [4.78, 5) is 77.5. The van der Waals surface area contributed by atoms with Crippen molar-refractivity contribution in [1.29, 1.82) is 0 Å². The maximum atomic E-state index is 13.3. The molecule has 0 atom stereocenters. The van der Waals surface area contributed by atoms with E-state index in [0.717, 1.165) is 33.6 Å². The molecule has 2 saturated heterocycles. The van der Waals surface area contributed by atoms with Gasteiger partial charge >= 0.3 is 36.4 Å². The van der Waals surface area contributed by atoms with Crippen molar-refractivity contribution in [3.8, 4) is 0 Å². The largest absolute Gasteiger partial charge is 0.476 e. The second kappa shape index (κ2) is 19.3. The number of carboxylic acid groups (broad SMARTS) is 1. The zero-order valence-electron chi connectivity index (χ0n) is 34.6. The van der Waals surface area contributed by atoms with Crippen LogP contribution in [0.4, 0.5) is 35.9 Å². The highest BCUT2D eigenvalue weighted by atomic mass is 19.4. The number of primary amides is 2. The topological polar surface area (TPSA) is 233 Å². The third-order valence-corrected chi connectivity index (χ3v) is 9.80. The van der Waals surface area contributed by atoms with E-state index in [0.29, 0.717) is 63.5 Å². The second-order valence-corrected chi connectivity index (χ2v) is 15.7. The van der Waals surface area contributed by atoms with Crippen LogP contribution in [0.3, 0.4) is 0 Å². The molecule has 0 saturated carbocycles. The monoisotopic (exact) mass is 906 g/mol. The van der Waals surface area contributed by atoms with Gasteiger partial charge in [0.15, 0.2) is 11.4 Å². The molecule has 344 valence electrons. The van der Waals surface area contributed by atoms with Gasteiger partial charge in [0, 0.05) is 77.8 Å². The summed E-state index contributed by atoms with van der Waals surface area (Å²) in [5.41, 5.74) is 6.62. The van der Waals surface area contributed by atoms with Gasteiger partial charge in [0.1, 0.15) is 5.60 Å². The molecular formula is C40H44F6N10O8. The number of hydrogen-bond donors (Lipinski definition) is 3. The number of benzene rings is 2. The van der Waals surface area contributed by atoms with Crippen LogP contribution < -0.4 is 11.5 Å². The Hall–Kier alpha value is -6.82. The molecule has 64 heavy (non-hydrogen) atoms. The molecular weight excluding hydrogens is 862 g/mol. The molecule has 4 amide bonds. The van der Waals surface area contributed by atoms with Crippen molar-refractivity contribution in [2.24, 2.45) is 11.5 Å². The fourth-order valence-electron chi connectivity index (χ4n) is 6.69. The minimum Gasteiger partial charge on any atom is -0.476 e. The first kappa shape index (κ1) is 48.2. The van der Waals surface area contributed by atoms with Gasteiger partial charge in [-0.2, -0.15) is 45.9 Å². The Balaban J connectivity index is 0.000000243. The number of carboxylic acids is 1. The number of amides is 4. The van der Waals surface area contributed by atoms with E-state index in [1.807, 2.05) is 9.80 Å². The number of carbonyl (C=O) groups is 6. The summed E-state index contributed by atoms with van der Waals surface area (Å²) in [5.74, 6) is -4.17. The highest BCUT2D eigenvalue weighted by Gasteiger charge is 2.37. The lowest BCUT2D eigenvalue weighted by molar-refractivity contribution is -0.138. The SMILES string of the molecule is CC(C)(C)OC(=O)c1ccn(C(=O)N2CCN(Cc3ccc(C(N)=O)c(C(F)(F)F)c3)CC2)n1.NC(=O)c1ccc(CN2CCN(C(=O)n3ccc(C(=O)O)n3)CC2)cc1C(F)(F)F. The molecule has 18 nitrogen and oxygen atoms in total. The number of alkyl halides is 6. The minimum atomic E-state index is -4.70. The van der Waals surface area contributed by atoms with E-state index in [4.69, 9.17) is 21.3 Å². The Labute approximate surface area is 360 Å². The summed E-state index contributed by atoms with van der Waals surface area (Å²) in [7, 11) is 0. The molecule has 6 rings (SSSR count). The van der Waals surface area contributed by atoms with Crippen molar-refractivity contribution < 1.29 is 65.0 Å². The molecule has 2 fully saturated rings. The maximum Gasteiger partial charge on any atom is 0.417 e. The molecule has 24 heteroatoms. The van der Waals surface area contributed by atoms with Gasteiger partial charge in [0.05, 0.1) is 22.3 Å². The number of rotatable bonds is 8. The number of ether oxygens (including phenoxy) is 1. The molecule has 0 unspecified atom stereocenters. The third kappa shape index (κ3) is 12.4. The highest BCUT2D eigenvalue weighted by molar-refractivity contribution is 5.95. The van der Waals surface area contributed by atoms with E-state index in [1.54, 1.807) is 25.7 Å². The van der Waals surface area contributed by atoms with Gasteiger partial charge in [0.2, 0.25) is 11.8 Å². The number of esters is 1. The summed E-state index contributed by atoms with van der Waals surface area (Å²) in [6, 6.07) is 8.57. The summed E-state index contributed by atoms with van der Waals surface area (Å²) >= 11 is 0. The maximum absolute atomic E-state index is 13.3. The number of halogens is 6. The summed E-state index contributed by atoms with van der Waals surface area (Å²) in [6.45, 7) is 8.49. The van der Waals surface area contributed by atoms with Crippen LogP contribution in [0, 0.1) is 0 Å². The van der Waals surface area contributed by atoms with E-state index in [-0.39, 0.29) is 24.5 Å². The molecule has 2 aliphatic heterocycles. The summed E-state index contributed by atoms with van der Waals surface area (Å²) in [6.07, 6.45) is -6.76. The zero-order valence-corrected chi connectivity index (χ0v) is 34.6. The van der Waals surface area contributed by atoms with E-state index >= 15 is 0 Å². The predicted molar refractivity (Wildman–Crippen MR) is 212 cm³/mol. The van der Waals surface area contributed by atoms with Gasteiger partial charge in [-0.25, -0.2) is 19.2 Å². The molecule has 2 aromatic carbocycles. The van der Waals surface area contributed by atoms with Crippen molar-refractivity contribution in [2.45, 2.75) is 51.8 Å². The lowest BCUT2D eigenvalue weighted by Crippen LogP contribution is -2.49. The average Bonchev–Trinajstić information content (AvgIpc) is 3.92. The van der Waals surface area contributed by atoms with E-state index < -0.39 is 76.0 Å². The van der Waals surface area contributed by atoms with Crippen LogP contribution in [-0.4, -0.2) is 138 Å². The van der Waals surface area contributed by atoms with Gasteiger partial charge in [-0.1, -0.05) is 12.1 Å². The van der Waals surface area contributed by atoms with Crippen LogP contribution >= 0.6 is 0 Å². The van der Waals surface area contributed by atoms with Gasteiger partial charge in [-0.3, -0.25) is 19.4 Å².